The summed E-state index contributed by atoms with van der Waals surface area (Å²) in [5, 5.41) is -0.188. The Hall–Kier alpha value is -0.910. The van der Waals surface area contributed by atoms with Gasteiger partial charge in [0.15, 0.2) is 5.79 Å². The first-order valence-electron chi connectivity index (χ1n) is 8.65. The summed E-state index contributed by atoms with van der Waals surface area (Å²) in [6.45, 7) is 2.87. The topological polar surface area (TPSA) is 47.9 Å². The van der Waals surface area contributed by atoms with E-state index < -0.39 is 15.5 Å². The lowest BCUT2D eigenvalue weighted by molar-refractivity contribution is -0.197. The molecule has 2 saturated heterocycles. The van der Waals surface area contributed by atoms with Crippen LogP contribution in [0.25, 0.3) is 0 Å². The van der Waals surface area contributed by atoms with E-state index >= 15 is 0 Å². The van der Waals surface area contributed by atoms with Gasteiger partial charge in [0.1, 0.15) is 5.25 Å². The molecule has 4 unspecified atom stereocenters. The van der Waals surface area contributed by atoms with Crippen molar-refractivity contribution in [1.82, 2.24) is 0 Å². The molecule has 0 N–H and O–H groups in total. The van der Waals surface area contributed by atoms with Crippen LogP contribution in [0.2, 0.25) is 0 Å². The van der Waals surface area contributed by atoms with Crippen LogP contribution in [-0.4, -0.2) is 35.0 Å². The van der Waals surface area contributed by atoms with E-state index in [4.69, 9.17) is 9.47 Å². The Morgan fingerprint density at radius 2 is 2.13 bits per heavy atom. The van der Waals surface area contributed by atoms with Crippen molar-refractivity contribution in [2.24, 2.45) is 4.36 Å². The average molecular weight is 337 g/mol. The van der Waals surface area contributed by atoms with Gasteiger partial charge in [0, 0.05) is 18.4 Å². The van der Waals surface area contributed by atoms with E-state index in [1.54, 1.807) is 7.05 Å². The van der Waals surface area contributed by atoms with Crippen LogP contribution in [-0.2, 0) is 19.2 Å². The number of benzene rings is 1. The summed E-state index contributed by atoms with van der Waals surface area (Å²) in [6, 6.07) is 9.62. The first-order chi connectivity index (χ1) is 11.1. The first-order valence-corrected chi connectivity index (χ1v) is 10.2. The molecule has 128 valence electrons. The van der Waals surface area contributed by atoms with Crippen molar-refractivity contribution in [2.45, 2.75) is 67.5 Å². The molecule has 1 aromatic rings. The van der Waals surface area contributed by atoms with Gasteiger partial charge in [0.2, 0.25) is 0 Å². The van der Waals surface area contributed by atoms with Gasteiger partial charge in [-0.05, 0) is 31.4 Å². The van der Waals surface area contributed by atoms with Gasteiger partial charge < -0.3 is 9.47 Å². The van der Waals surface area contributed by atoms with Gasteiger partial charge in [-0.15, -0.1) is 0 Å². The predicted molar refractivity (Wildman–Crippen MR) is 91.9 cm³/mol. The van der Waals surface area contributed by atoms with Crippen LogP contribution >= 0.6 is 0 Å². The molecule has 1 aromatic carbocycles. The lowest BCUT2D eigenvalue weighted by Gasteiger charge is -2.31. The van der Waals surface area contributed by atoms with Gasteiger partial charge in [-0.1, -0.05) is 38.0 Å². The highest BCUT2D eigenvalue weighted by molar-refractivity contribution is 7.94. The van der Waals surface area contributed by atoms with Crippen LogP contribution in [0.4, 0.5) is 0 Å². The molecule has 0 radical (unpaired) electrons. The largest absolute Gasteiger partial charge is 0.349 e. The summed E-state index contributed by atoms with van der Waals surface area (Å²) in [6.07, 6.45) is 5.96. The van der Waals surface area contributed by atoms with Crippen LogP contribution in [0.5, 0.6) is 0 Å². The summed E-state index contributed by atoms with van der Waals surface area (Å²) in [5.74, 6) is -0.704. The second-order valence-corrected chi connectivity index (χ2v) is 8.98. The van der Waals surface area contributed by atoms with Crippen LogP contribution in [0, 0.1) is 0 Å². The lowest BCUT2D eigenvalue weighted by Crippen LogP contribution is -2.43. The SMILES string of the molecule is CCCCC1CC(S(=O)(=NC)c2ccccc2)C2(CCCO2)O1. The summed E-state index contributed by atoms with van der Waals surface area (Å²) in [7, 11) is -0.895. The van der Waals surface area contributed by atoms with Gasteiger partial charge in [-0.3, -0.25) is 0 Å². The molecule has 2 heterocycles. The van der Waals surface area contributed by atoms with E-state index in [9.17, 15) is 4.21 Å². The molecule has 2 aliphatic heterocycles. The van der Waals surface area contributed by atoms with Gasteiger partial charge in [-0.25, -0.2) is 8.57 Å². The normalized spacial score (nSPS) is 33.0. The Labute approximate surface area is 139 Å². The van der Waals surface area contributed by atoms with Gasteiger partial charge >= 0.3 is 0 Å². The highest BCUT2D eigenvalue weighted by atomic mass is 32.2. The molecule has 5 heteroatoms. The molecular weight excluding hydrogens is 310 g/mol. The molecule has 0 amide bonds. The second-order valence-electron chi connectivity index (χ2n) is 6.43. The van der Waals surface area contributed by atoms with Crippen molar-refractivity contribution in [3.8, 4) is 0 Å². The minimum atomic E-state index is -2.56. The van der Waals surface area contributed by atoms with Crippen molar-refractivity contribution >= 4 is 9.73 Å². The fraction of sp³-hybridized carbons (Fsp3) is 0.667. The minimum Gasteiger partial charge on any atom is -0.349 e. The summed E-state index contributed by atoms with van der Waals surface area (Å²) in [5.41, 5.74) is 0. The zero-order chi connectivity index (χ0) is 16.3. The molecule has 0 aliphatic carbocycles. The molecule has 1 spiro atoms. The molecule has 0 bridgehead atoms. The third-order valence-corrected chi connectivity index (χ3v) is 7.78. The van der Waals surface area contributed by atoms with Crippen molar-refractivity contribution in [1.29, 1.82) is 0 Å². The van der Waals surface area contributed by atoms with Gasteiger partial charge in [0.25, 0.3) is 0 Å². The number of hydrogen-bond donors (Lipinski definition) is 0. The molecule has 3 rings (SSSR count). The third-order valence-electron chi connectivity index (χ3n) is 4.97. The summed E-state index contributed by atoms with van der Waals surface area (Å²) >= 11 is 0. The molecule has 2 fully saturated rings. The van der Waals surface area contributed by atoms with E-state index in [-0.39, 0.29) is 11.4 Å². The molecular formula is C18H27NO3S. The van der Waals surface area contributed by atoms with E-state index in [1.807, 2.05) is 30.3 Å². The number of rotatable bonds is 5. The second kappa shape index (κ2) is 6.91. The fourth-order valence-electron chi connectivity index (χ4n) is 3.80. The first kappa shape index (κ1) is 16.9. The monoisotopic (exact) mass is 337 g/mol. The number of nitrogens with zero attached hydrogens (tertiary/aromatic N) is 1. The molecule has 23 heavy (non-hydrogen) atoms. The van der Waals surface area contributed by atoms with Crippen molar-refractivity contribution in [2.75, 3.05) is 13.7 Å². The quantitative estimate of drug-likeness (QED) is 0.816. The van der Waals surface area contributed by atoms with Crippen LogP contribution < -0.4 is 0 Å². The van der Waals surface area contributed by atoms with Crippen LogP contribution in [0.3, 0.4) is 0 Å². The van der Waals surface area contributed by atoms with Crippen molar-refractivity contribution in [3.63, 3.8) is 0 Å². The Bertz CT molecular complexity index is 631. The highest BCUT2D eigenvalue weighted by Crippen LogP contribution is 2.46. The van der Waals surface area contributed by atoms with E-state index in [2.05, 4.69) is 11.3 Å². The van der Waals surface area contributed by atoms with Gasteiger partial charge in [0.05, 0.1) is 22.4 Å². The zero-order valence-corrected chi connectivity index (χ0v) is 14.9. The van der Waals surface area contributed by atoms with Crippen molar-refractivity contribution < 1.29 is 13.7 Å². The standard InChI is InChI=1S/C18H27NO3S/c1-3-4-9-15-14-17(18(22-15)12-8-13-21-18)23(20,19-2)16-10-6-5-7-11-16/h5-7,10-11,15,17H,3-4,8-9,12-14H2,1-2H3. The van der Waals surface area contributed by atoms with Crippen LogP contribution in [0.15, 0.2) is 39.6 Å². The maximum absolute atomic E-state index is 13.8. The fourth-order valence-corrected chi connectivity index (χ4v) is 6.35. The van der Waals surface area contributed by atoms with Crippen molar-refractivity contribution in [3.05, 3.63) is 30.3 Å². The number of unbranched alkanes of at least 4 members (excludes halogenated alkanes) is 1. The lowest BCUT2D eigenvalue weighted by atomic mass is 10.1. The number of ether oxygens (including phenoxy) is 2. The Balaban J connectivity index is 1.96. The van der Waals surface area contributed by atoms with Crippen LogP contribution in [0.1, 0.15) is 45.4 Å². The van der Waals surface area contributed by atoms with E-state index in [0.29, 0.717) is 6.61 Å². The number of hydrogen-bond acceptors (Lipinski definition) is 4. The molecule has 2 aliphatic rings. The average Bonchev–Trinajstić information content (AvgIpc) is 3.21. The molecule has 0 saturated carbocycles. The molecule has 4 atom stereocenters. The zero-order valence-electron chi connectivity index (χ0n) is 14.1. The summed E-state index contributed by atoms with van der Waals surface area (Å²) < 4.78 is 30.6. The maximum atomic E-state index is 13.8. The molecule has 0 aromatic heterocycles. The Morgan fingerprint density at radius 3 is 2.74 bits per heavy atom. The molecule has 4 nitrogen and oxygen atoms in total. The smallest absolute Gasteiger partial charge is 0.184 e. The maximum Gasteiger partial charge on any atom is 0.184 e. The highest BCUT2D eigenvalue weighted by Gasteiger charge is 2.56. The Morgan fingerprint density at radius 1 is 1.35 bits per heavy atom. The van der Waals surface area contributed by atoms with Gasteiger partial charge in [-0.2, -0.15) is 0 Å². The Kier molecular flexibility index (Phi) is 5.09. The predicted octanol–water partition coefficient (Wildman–Crippen LogP) is 4.00. The third kappa shape index (κ3) is 3.06. The summed E-state index contributed by atoms with van der Waals surface area (Å²) in [4.78, 5) is 0.794. The van der Waals surface area contributed by atoms with E-state index in [0.717, 1.165) is 43.4 Å². The minimum absolute atomic E-state index is 0.129. The van der Waals surface area contributed by atoms with E-state index in [1.165, 1.54) is 0 Å².